The minimum atomic E-state index is 0.0972. The number of alkyl halides is 1. The summed E-state index contributed by atoms with van der Waals surface area (Å²) in [5.41, 5.74) is 1.27. The van der Waals surface area contributed by atoms with Gasteiger partial charge in [0.2, 0.25) is 0 Å². The Kier molecular flexibility index (Phi) is 7.05. The molecule has 0 fully saturated rings. The van der Waals surface area contributed by atoms with Crippen LogP contribution in [0, 0.1) is 0 Å². The summed E-state index contributed by atoms with van der Waals surface area (Å²) in [6.07, 6.45) is 0.920. The number of methoxy groups -OCH3 is 1. The zero-order valence-electron chi connectivity index (χ0n) is 9.38. The molecular formula is C12H17BrClNO. The van der Waals surface area contributed by atoms with Gasteiger partial charge in [-0.3, -0.25) is 0 Å². The van der Waals surface area contributed by atoms with Gasteiger partial charge >= 0.3 is 0 Å². The molecule has 2 nitrogen and oxygen atoms in total. The van der Waals surface area contributed by atoms with Gasteiger partial charge in [0.25, 0.3) is 0 Å². The van der Waals surface area contributed by atoms with Crippen LogP contribution < -0.4 is 5.32 Å². The molecule has 0 heterocycles. The molecule has 1 unspecified atom stereocenters. The average molecular weight is 307 g/mol. The van der Waals surface area contributed by atoms with Crippen LogP contribution in [0.5, 0.6) is 0 Å². The Morgan fingerprint density at radius 3 is 3.00 bits per heavy atom. The van der Waals surface area contributed by atoms with Crippen LogP contribution in [0.25, 0.3) is 0 Å². The van der Waals surface area contributed by atoms with Gasteiger partial charge in [-0.2, -0.15) is 0 Å². The van der Waals surface area contributed by atoms with E-state index in [1.807, 2.05) is 12.1 Å². The monoisotopic (exact) mass is 305 g/mol. The zero-order chi connectivity index (χ0) is 11.8. The lowest BCUT2D eigenvalue weighted by molar-refractivity contribution is 0.195. The normalized spacial score (nSPS) is 12.7. The fraction of sp³-hybridized carbons (Fsp3) is 0.500. The second-order valence-electron chi connectivity index (χ2n) is 3.65. The van der Waals surface area contributed by atoms with E-state index in [4.69, 9.17) is 16.3 Å². The van der Waals surface area contributed by atoms with Gasteiger partial charge in [-0.15, -0.1) is 11.6 Å². The van der Waals surface area contributed by atoms with Crippen LogP contribution in [-0.4, -0.2) is 25.6 Å². The Labute approximate surface area is 110 Å². The summed E-state index contributed by atoms with van der Waals surface area (Å²) in [7, 11) is 1.67. The number of halogens is 2. The van der Waals surface area contributed by atoms with Crippen LogP contribution in [0.4, 0.5) is 0 Å². The molecule has 0 saturated carbocycles. The Bertz CT molecular complexity index is 309. The zero-order valence-corrected chi connectivity index (χ0v) is 11.7. The quantitative estimate of drug-likeness (QED) is 0.617. The van der Waals surface area contributed by atoms with E-state index in [1.165, 1.54) is 5.56 Å². The van der Waals surface area contributed by atoms with E-state index in [0.29, 0.717) is 6.61 Å². The van der Waals surface area contributed by atoms with Gasteiger partial charge in [-0.05, 0) is 30.7 Å². The van der Waals surface area contributed by atoms with E-state index in [1.54, 1.807) is 7.11 Å². The predicted molar refractivity (Wildman–Crippen MR) is 72.0 cm³/mol. The molecule has 0 spiro atoms. The van der Waals surface area contributed by atoms with Gasteiger partial charge in [0.05, 0.1) is 12.0 Å². The first-order chi connectivity index (χ1) is 7.72. The summed E-state index contributed by atoms with van der Waals surface area (Å²) < 4.78 is 6.08. The molecule has 0 aromatic heterocycles. The molecule has 0 aliphatic rings. The van der Waals surface area contributed by atoms with E-state index in [0.717, 1.165) is 24.0 Å². The highest BCUT2D eigenvalue weighted by Gasteiger charge is 2.02. The first-order valence-electron chi connectivity index (χ1n) is 5.30. The third kappa shape index (κ3) is 5.85. The van der Waals surface area contributed by atoms with Gasteiger partial charge in [0.15, 0.2) is 0 Å². The van der Waals surface area contributed by atoms with Crippen LogP contribution in [0.2, 0.25) is 0 Å². The van der Waals surface area contributed by atoms with Crippen molar-refractivity contribution >= 4 is 27.5 Å². The van der Waals surface area contributed by atoms with Crippen molar-refractivity contribution in [3.05, 3.63) is 34.3 Å². The van der Waals surface area contributed by atoms with Crippen molar-refractivity contribution in [3.63, 3.8) is 0 Å². The largest absolute Gasteiger partial charge is 0.383 e. The molecule has 1 rings (SSSR count). The summed E-state index contributed by atoms with van der Waals surface area (Å²) >= 11 is 9.46. The Morgan fingerprint density at radius 1 is 1.50 bits per heavy atom. The highest BCUT2D eigenvalue weighted by molar-refractivity contribution is 9.10. The number of ether oxygens (including phenoxy) is 1. The molecule has 1 atom stereocenters. The molecule has 0 aliphatic heterocycles. The number of rotatable bonds is 7. The first kappa shape index (κ1) is 14.0. The molecule has 16 heavy (non-hydrogen) atoms. The van der Waals surface area contributed by atoms with Gasteiger partial charge in [0, 0.05) is 18.1 Å². The van der Waals surface area contributed by atoms with E-state index < -0.39 is 0 Å². The minimum Gasteiger partial charge on any atom is -0.383 e. The molecule has 0 radical (unpaired) electrons. The van der Waals surface area contributed by atoms with Crippen LogP contribution in [0.1, 0.15) is 12.0 Å². The SMILES string of the molecule is COCC(Cl)CCNCc1cccc(Br)c1. The summed E-state index contributed by atoms with van der Waals surface area (Å²) in [6, 6.07) is 8.28. The fourth-order valence-electron chi connectivity index (χ4n) is 1.40. The molecule has 1 aromatic rings. The first-order valence-corrected chi connectivity index (χ1v) is 6.53. The molecule has 1 N–H and O–H groups in total. The third-order valence-corrected chi connectivity index (χ3v) is 3.04. The standard InChI is InChI=1S/C12H17BrClNO/c1-16-9-12(14)5-6-15-8-10-3-2-4-11(13)7-10/h2-4,7,12,15H,5-6,8-9H2,1H3. The summed E-state index contributed by atoms with van der Waals surface area (Å²) in [6.45, 7) is 2.39. The third-order valence-electron chi connectivity index (χ3n) is 2.20. The van der Waals surface area contributed by atoms with Gasteiger partial charge < -0.3 is 10.1 Å². The van der Waals surface area contributed by atoms with E-state index >= 15 is 0 Å². The highest BCUT2D eigenvalue weighted by Crippen LogP contribution is 2.11. The van der Waals surface area contributed by atoms with Crippen molar-refractivity contribution in [1.82, 2.24) is 5.32 Å². The van der Waals surface area contributed by atoms with Gasteiger partial charge in [0.1, 0.15) is 0 Å². The van der Waals surface area contributed by atoms with Crippen LogP contribution >= 0.6 is 27.5 Å². The van der Waals surface area contributed by atoms with Crippen LogP contribution in [0.3, 0.4) is 0 Å². The molecule has 0 amide bonds. The number of benzene rings is 1. The fourth-order valence-corrected chi connectivity index (χ4v) is 2.08. The lowest BCUT2D eigenvalue weighted by Gasteiger charge is -2.09. The van der Waals surface area contributed by atoms with Gasteiger partial charge in [-0.1, -0.05) is 28.1 Å². The lowest BCUT2D eigenvalue weighted by atomic mass is 10.2. The molecule has 1 aromatic carbocycles. The van der Waals surface area contributed by atoms with E-state index in [2.05, 4.69) is 33.4 Å². The van der Waals surface area contributed by atoms with E-state index in [-0.39, 0.29) is 5.38 Å². The number of nitrogens with one attached hydrogen (secondary N) is 1. The van der Waals surface area contributed by atoms with Crippen LogP contribution in [-0.2, 0) is 11.3 Å². The molecule has 4 heteroatoms. The molecule has 90 valence electrons. The maximum absolute atomic E-state index is 6.02. The lowest BCUT2D eigenvalue weighted by Crippen LogP contribution is -2.20. The second kappa shape index (κ2) is 8.07. The van der Waals surface area contributed by atoms with Crippen molar-refractivity contribution in [2.24, 2.45) is 0 Å². The summed E-state index contributed by atoms with van der Waals surface area (Å²) in [4.78, 5) is 0. The minimum absolute atomic E-state index is 0.0972. The Hall–Kier alpha value is -0.0900. The molecular weight excluding hydrogens is 289 g/mol. The van der Waals surface area contributed by atoms with Crippen LogP contribution in [0.15, 0.2) is 28.7 Å². The second-order valence-corrected chi connectivity index (χ2v) is 5.18. The van der Waals surface area contributed by atoms with Crippen molar-refractivity contribution in [2.45, 2.75) is 18.3 Å². The topological polar surface area (TPSA) is 21.3 Å². The van der Waals surface area contributed by atoms with Crippen molar-refractivity contribution in [1.29, 1.82) is 0 Å². The Morgan fingerprint density at radius 2 is 2.31 bits per heavy atom. The number of hydrogen-bond acceptors (Lipinski definition) is 2. The average Bonchev–Trinajstić information content (AvgIpc) is 2.25. The van der Waals surface area contributed by atoms with Crippen molar-refractivity contribution in [2.75, 3.05) is 20.3 Å². The Balaban J connectivity index is 2.16. The predicted octanol–water partition coefficient (Wildman–Crippen LogP) is 3.18. The molecule has 0 aliphatic carbocycles. The van der Waals surface area contributed by atoms with Gasteiger partial charge in [-0.25, -0.2) is 0 Å². The maximum atomic E-state index is 6.02. The van der Waals surface area contributed by atoms with E-state index in [9.17, 15) is 0 Å². The summed E-state index contributed by atoms with van der Waals surface area (Å²) in [5.74, 6) is 0. The molecule has 0 bridgehead atoms. The highest BCUT2D eigenvalue weighted by atomic mass is 79.9. The van der Waals surface area contributed by atoms with Crippen molar-refractivity contribution in [3.8, 4) is 0 Å². The summed E-state index contributed by atoms with van der Waals surface area (Å²) in [5, 5.41) is 3.45. The number of hydrogen-bond donors (Lipinski definition) is 1. The van der Waals surface area contributed by atoms with Crippen molar-refractivity contribution < 1.29 is 4.74 Å². The maximum Gasteiger partial charge on any atom is 0.0626 e. The smallest absolute Gasteiger partial charge is 0.0626 e. The molecule has 0 saturated heterocycles.